The van der Waals surface area contributed by atoms with Gasteiger partial charge in [0.1, 0.15) is 19.3 Å². The Bertz CT molecular complexity index is 2410. The van der Waals surface area contributed by atoms with Gasteiger partial charge in [-0.2, -0.15) is 0 Å². The highest BCUT2D eigenvalue weighted by molar-refractivity contribution is 7.47. The topological polar surface area (TPSA) is 237 Å². The zero-order valence-electron chi connectivity index (χ0n) is 64.0. The summed E-state index contributed by atoms with van der Waals surface area (Å²) in [6.45, 7) is 4.62. The van der Waals surface area contributed by atoms with Crippen molar-refractivity contribution in [2.75, 3.05) is 39.6 Å². The van der Waals surface area contributed by atoms with Crippen LogP contribution in [0.15, 0.2) is 122 Å². The van der Waals surface area contributed by atoms with Gasteiger partial charge in [0, 0.05) is 25.7 Å². The smallest absolute Gasteiger partial charge is 0.462 e. The number of aliphatic hydroxyl groups is 1. The van der Waals surface area contributed by atoms with E-state index in [-0.39, 0.29) is 25.7 Å². The van der Waals surface area contributed by atoms with Gasteiger partial charge in [0.05, 0.1) is 26.4 Å². The molecule has 0 saturated heterocycles. The largest absolute Gasteiger partial charge is 0.472 e. The third-order valence-corrected chi connectivity index (χ3v) is 18.3. The van der Waals surface area contributed by atoms with E-state index in [4.69, 9.17) is 37.0 Å². The Labute approximate surface area is 619 Å². The van der Waals surface area contributed by atoms with Gasteiger partial charge in [0.2, 0.25) is 0 Å². The molecule has 0 aromatic carbocycles. The van der Waals surface area contributed by atoms with E-state index in [1.807, 2.05) is 12.2 Å². The van der Waals surface area contributed by atoms with Crippen LogP contribution in [0.25, 0.3) is 0 Å². The van der Waals surface area contributed by atoms with Gasteiger partial charge in [0.25, 0.3) is 0 Å². The molecule has 17 nitrogen and oxygen atoms in total. The lowest BCUT2D eigenvalue weighted by Gasteiger charge is -2.21. The average molecular weight is 1470 g/mol. The van der Waals surface area contributed by atoms with E-state index >= 15 is 0 Å². The maximum atomic E-state index is 13.1. The Kier molecular flexibility index (Phi) is 71.4. The van der Waals surface area contributed by atoms with Gasteiger partial charge in [-0.15, -0.1) is 0 Å². The summed E-state index contributed by atoms with van der Waals surface area (Å²) in [5, 5.41) is 10.6. The first-order valence-electron chi connectivity index (χ1n) is 39.8. The van der Waals surface area contributed by atoms with Crippen LogP contribution in [0.4, 0.5) is 0 Å². The molecule has 0 bridgehead atoms. The fourth-order valence-electron chi connectivity index (χ4n) is 10.4. The van der Waals surface area contributed by atoms with E-state index in [1.165, 1.54) is 77.0 Å². The quantitative estimate of drug-likeness (QED) is 0.0169. The molecule has 0 aromatic rings. The second kappa shape index (κ2) is 74.7. The lowest BCUT2D eigenvalue weighted by molar-refractivity contribution is -0.161. The molecular formula is C83H142O17P2. The normalized spacial score (nSPS) is 14.5. The number of rotatable bonds is 74. The number of unbranched alkanes of at least 4 members (excludes halogenated alkanes) is 28. The SMILES string of the molecule is CC/C=C\C/C=C\C/C=C\C/C=C\C/C=C\CCCC(=O)OCC(COP(=O)(O)OCC(O)COP(=O)(O)OCC(COC(=O)CCCCCCCC/C=C\C/C=C\C/C=C\CCCCC)OC(=O)CCCCCCC/C=C\C/C=C\CCCCC)OC(=O)CCCCCCCCCCCCC. The first kappa shape index (κ1) is 97.5. The molecule has 0 fully saturated rings. The fourth-order valence-corrected chi connectivity index (χ4v) is 11.9. The van der Waals surface area contributed by atoms with Gasteiger partial charge < -0.3 is 33.8 Å². The molecule has 3 N–H and O–H groups in total. The van der Waals surface area contributed by atoms with Crippen molar-refractivity contribution in [1.82, 2.24) is 0 Å². The lowest BCUT2D eigenvalue weighted by atomic mass is 10.1. The molecule has 102 heavy (non-hydrogen) atoms. The highest BCUT2D eigenvalue weighted by Gasteiger charge is 2.30. The number of carbonyl (C=O) groups is 4. The van der Waals surface area contributed by atoms with Gasteiger partial charge in [-0.25, -0.2) is 9.13 Å². The number of phosphoric ester groups is 2. The number of esters is 4. The van der Waals surface area contributed by atoms with Crippen LogP contribution in [-0.2, 0) is 65.4 Å². The van der Waals surface area contributed by atoms with Crippen molar-refractivity contribution < 1.29 is 80.2 Å². The monoisotopic (exact) mass is 1470 g/mol. The Morgan fingerprint density at radius 3 is 0.843 bits per heavy atom. The van der Waals surface area contributed by atoms with E-state index < -0.39 is 97.5 Å². The molecule has 0 amide bonds. The third-order valence-electron chi connectivity index (χ3n) is 16.4. The molecular weight excluding hydrogens is 1330 g/mol. The van der Waals surface area contributed by atoms with Gasteiger partial charge in [-0.05, 0) is 135 Å². The molecule has 0 aliphatic carbocycles. The molecule has 0 radical (unpaired) electrons. The zero-order chi connectivity index (χ0) is 74.6. The van der Waals surface area contributed by atoms with Gasteiger partial charge in [0.15, 0.2) is 12.2 Å². The number of aliphatic hydroxyl groups excluding tert-OH is 1. The summed E-state index contributed by atoms with van der Waals surface area (Å²) >= 11 is 0. The highest BCUT2D eigenvalue weighted by atomic mass is 31.2. The Morgan fingerprint density at radius 1 is 0.284 bits per heavy atom. The van der Waals surface area contributed by atoms with Crippen molar-refractivity contribution in [3.8, 4) is 0 Å². The standard InChI is InChI=1S/C83H142O17P2/c1-5-9-13-17-21-25-29-32-35-37-38-40-43-45-49-52-56-60-64-68-81(86)94-74-79(100-83(88)70-66-62-58-54-50-46-41-34-31-27-23-19-15-11-7-3)76-98-102(91,92)96-72-77(84)71-95-101(89,90)97-75-78(99-82(87)69-65-61-57-53-47-28-24-20-16-12-8-4)73-93-80(85)67-63-59-55-51-48-44-42-39-36-33-30-26-22-18-14-10-6-2/h10,14,21-23,25-27,32-36,38,40-42,44,51,55,77-79,84H,5-9,11-13,15-20,24,28-31,37,39,43,45-50,52-54,56-76H2,1-4H3,(H,89,90)(H,91,92)/b14-10-,25-21-,26-22-,27-23-,35-32-,36-33-,40-38-,41-34-,44-42-,55-51-. The fraction of sp³-hybridized carbons (Fsp3) is 0.711. The van der Waals surface area contributed by atoms with Crippen LogP contribution in [0, 0.1) is 0 Å². The number of hydrogen-bond donors (Lipinski definition) is 3. The molecule has 19 heteroatoms. The van der Waals surface area contributed by atoms with Crippen LogP contribution in [0.3, 0.4) is 0 Å². The van der Waals surface area contributed by atoms with Gasteiger partial charge in [-0.1, -0.05) is 284 Å². The minimum Gasteiger partial charge on any atom is -0.462 e. The maximum absolute atomic E-state index is 13.1. The minimum atomic E-state index is -4.99. The first-order valence-corrected chi connectivity index (χ1v) is 42.8. The number of allylic oxidation sites excluding steroid dienone is 20. The summed E-state index contributed by atoms with van der Waals surface area (Å²) in [6, 6.07) is 0. The summed E-state index contributed by atoms with van der Waals surface area (Å²) in [7, 11) is -9.97. The van der Waals surface area contributed by atoms with Crippen molar-refractivity contribution in [1.29, 1.82) is 0 Å². The third kappa shape index (κ3) is 73.8. The summed E-state index contributed by atoms with van der Waals surface area (Å²) in [5.74, 6) is -2.26. The second-order valence-corrected chi connectivity index (χ2v) is 29.2. The molecule has 0 spiro atoms. The molecule has 586 valence electrons. The number of ether oxygens (including phenoxy) is 4. The Balaban J connectivity index is 5.38. The van der Waals surface area contributed by atoms with Crippen molar-refractivity contribution in [2.45, 2.75) is 341 Å². The van der Waals surface area contributed by atoms with Crippen molar-refractivity contribution in [3.63, 3.8) is 0 Å². The van der Waals surface area contributed by atoms with Crippen LogP contribution in [0.1, 0.15) is 323 Å². The van der Waals surface area contributed by atoms with Crippen LogP contribution in [0.5, 0.6) is 0 Å². The number of carbonyl (C=O) groups excluding carboxylic acids is 4. The predicted molar refractivity (Wildman–Crippen MR) is 418 cm³/mol. The van der Waals surface area contributed by atoms with E-state index in [9.17, 15) is 43.2 Å². The van der Waals surface area contributed by atoms with Gasteiger partial charge in [-0.3, -0.25) is 37.3 Å². The summed E-state index contributed by atoms with van der Waals surface area (Å²) in [6.07, 6.45) is 81.9. The van der Waals surface area contributed by atoms with E-state index in [1.54, 1.807) is 0 Å². The molecule has 0 rings (SSSR count). The maximum Gasteiger partial charge on any atom is 0.472 e. The molecule has 0 aliphatic heterocycles. The molecule has 5 unspecified atom stereocenters. The Morgan fingerprint density at radius 2 is 0.520 bits per heavy atom. The first-order chi connectivity index (χ1) is 49.7. The van der Waals surface area contributed by atoms with E-state index in [2.05, 4.69) is 137 Å². The molecule has 0 heterocycles. The lowest BCUT2D eigenvalue weighted by Crippen LogP contribution is -2.30. The summed E-state index contributed by atoms with van der Waals surface area (Å²) in [4.78, 5) is 72.9. The number of phosphoric acid groups is 2. The predicted octanol–water partition coefficient (Wildman–Crippen LogP) is 23.1. The Hall–Kier alpha value is -4.54. The van der Waals surface area contributed by atoms with Gasteiger partial charge >= 0.3 is 39.5 Å². The average Bonchev–Trinajstić information content (AvgIpc) is 0.926. The zero-order valence-corrected chi connectivity index (χ0v) is 65.8. The summed E-state index contributed by atoms with van der Waals surface area (Å²) in [5.41, 5.74) is 0. The van der Waals surface area contributed by atoms with E-state index in [0.717, 1.165) is 161 Å². The van der Waals surface area contributed by atoms with Crippen molar-refractivity contribution in [2.24, 2.45) is 0 Å². The molecule has 0 aliphatic rings. The number of hydrogen-bond acceptors (Lipinski definition) is 15. The molecule has 0 aromatic heterocycles. The van der Waals surface area contributed by atoms with Crippen LogP contribution in [-0.4, -0.2) is 96.7 Å². The van der Waals surface area contributed by atoms with Crippen LogP contribution < -0.4 is 0 Å². The second-order valence-electron chi connectivity index (χ2n) is 26.3. The van der Waals surface area contributed by atoms with Crippen LogP contribution in [0.2, 0.25) is 0 Å². The van der Waals surface area contributed by atoms with E-state index in [0.29, 0.717) is 32.1 Å². The minimum absolute atomic E-state index is 0.0735. The highest BCUT2D eigenvalue weighted by Crippen LogP contribution is 2.45. The van der Waals surface area contributed by atoms with Crippen molar-refractivity contribution in [3.05, 3.63) is 122 Å². The molecule has 5 atom stereocenters. The molecule has 0 saturated carbocycles. The summed E-state index contributed by atoms with van der Waals surface area (Å²) < 4.78 is 68.5. The van der Waals surface area contributed by atoms with Crippen LogP contribution >= 0.6 is 15.6 Å². The van der Waals surface area contributed by atoms with Crippen molar-refractivity contribution >= 4 is 39.5 Å².